The van der Waals surface area contributed by atoms with Crippen molar-refractivity contribution < 1.29 is 19.1 Å². The molecule has 148 valence electrons. The highest BCUT2D eigenvalue weighted by Gasteiger charge is 2.40. The van der Waals surface area contributed by atoms with E-state index in [1.54, 1.807) is 4.90 Å². The zero-order valence-corrected chi connectivity index (χ0v) is 18.6. The Balaban J connectivity index is 2.54. The van der Waals surface area contributed by atoms with Crippen LogP contribution in [0, 0.1) is 5.41 Å². The fourth-order valence-corrected chi connectivity index (χ4v) is 3.76. The molecule has 0 bridgehead atoms. The fraction of sp³-hybridized carbons (Fsp3) is 0.947. The molecule has 0 spiro atoms. The quantitative estimate of drug-likeness (QED) is 0.725. The Hall–Kier alpha value is -0.593. The van der Waals surface area contributed by atoms with Crippen molar-refractivity contribution in [3.05, 3.63) is 0 Å². The molecular formula is C19H39NO4Si. The lowest BCUT2D eigenvalue weighted by Gasteiger charge is -2.42. The van der Waals surface area contributed by atoms with Gasteiger partial charge in [-0.1, -0.05) is 20.8 Å². The van der Waals surface area contributed by atoms with Crippen LogP contribution in [0.25, 0.3) is 0 Å². The Morgan fingerprint density at radius 3 is 2.04 bits per heavy atom. The molecule has 1 aliphatic rings. The lowest BCUT2D eigenvalue weighted by molar-refractivity contribution is -0.00607. The normalized spacial score (nSPS) is 19.0. The van der Waals surface area contributed by atoms with Gasteiger partial charge >= 0.3 is 6.09 Å². The number of rotatable bonds is 5. The molecule has 0 atom stereocenters. The average Bonchev–Trinajstić information content (AvgIpc) is 2.44. The lowest BCUT2D eigenvalue weighted by Crippen LogP contribution is -2.47. The van der Waals surface area contributed by atoms with Gasteiger partial charge < -0.3 is 19.2 Å². The van der Waals surface area contributed by atoms with Gasteiger partial charge in [0.2, 0.25) is 0 Å². The Bertz CT molecular complexity index is 443. The van der Waals surface area contributed by atoms with Crippen LogP contribution in [0.5, 0.6) is 0 Å². The summed E-state index contributed by atoms with van der Waals surface area (Å²) in [6.45, 7) is 19.0. The standard InChI is InChI=1S/C19H39NO4Si/c1-17(2,3)24-16(22)20-12-9-19(15-21,10-13-20)11-14-23-25(7,8)18(4,5)6/h21H,9-15H2,1-8H3. The molecule has 0 aliphatic carbocycles. The maximum absolute atomic E-state index is 12.2. The number of piperidine rings is 1. The van der Waals surface area contributed by atoms with Gasteiger partial charge in [0.15, 0.2) is 8.32 Å². The summed E-state index contributed by atoms with van der Waals surface area (Å²) < 4.78 is 11.7. The first kappa shape index (κ1) is 22.4. The molecule has 0 aromatic carbocycles. The Morgan fingerprint density at radius 2 is 1.64 bits per heavy atom. The fourth-order valence-electron chi connectivity index (χ4n) is 2.72. The van der Waals surface area contributed by atoms with Crippen molar-refractivity contribution in [3.8, 4) is 0 Å². The summed E-state index contributed by atoms with van der Waals surface area (Å²) in [5.74, 6) is 0. The van der Waals surface area contributed by atoms with Crippen LogP contribution in [0.2, 0.25) is 18.1 Å². The summed E-state index contributed by atoms with van der Waals surface area (Å²) in [6, 6.07) is 0. The number of amides is 1. The van der Waals surface area contributed by atoms with Crippen molar-refractivity contribution in [3.63, 3.8) is 0 Å². The molecule has 25 heavy (non-hydrogen) atoms. The number of hydrogen-bond acceptors (Lipinski definition) is 4. The van der Waals surface area contributed by atoms with E-state index in [4.69, 9.17) is 9.16 Å². The first-order valence-electron chi connectivity index (χ1n) is 9.44. The number of aliphatic hydroxyl groups is 1. The van der Waals surface area contributed by atoms with Gasteiger partial charge in [0.1, 0.15) is 5.60 Å². The molecule has 0 radical (unpaired) electrons. The summed E-state index contributed by atoms with van der Waals surface area (Å²) in [6.07, 6.45) is 2.18. The largest absolute Gasteiger partial charge is 0.444 e. The maximum atomic E-state index is 12.2. The molecule has 0 aromatic heterocycles. The van der Waals surface area contributed by atoms with E-state index in [2.05, 4.69) is 33.9 Å². The monoisotopic (exact) mass is 373 g/mol. The molecule has 1 aliphatic heterocycles. The van der Waals surface area contributed by atoms with E-state index in [0.29, 0.717) is 19.7 Å². The smallest absolute Gasteiger partial charge is 0.410 e. The molecule has 0 unspecified atom stereocenters. The molecule has 1 amide bonds. The van der Waals surface area contributed by atoms with Crippen LogP contribution >= 0.6 is 0 Å². The third-order valence-corrected chi connectivity index (χ3v) is 10.3. The van der Waals surface area contributed by atoms with Crippen LogP contribution in [-0.2, 0) is 9.16 Å². The molecule has 0 aromatic rings. The second-order valence-electron chi connectivity index (χ2n) is 9.98. The first-order chi connectivity index (χ1) is 11.2. The van der Waals surface area contributed by atoms with E-state index < -0.39 is 13.9 Å². The molecule has 1 heterocycles. The summed E-state index contributed by atoms with van der Waals surface area (Å²) in [7, 11) is -1.76. The van der Waals surface area contributed by atoms with Gasteiger partial charge in [-0.15, -0.1) is 0 Å². The van der Waals surface area contributed by atoms with Crippen molar-refractivity contribution in [1.29, 1.82) is 0 Å². The van der Waals surface area contributed by atoms with Crippen molar-refractivity contribution in [2.45, 2.75) is 84.5 Å². The van der Waals surface area contributed by atoms with Crippen LogP contribution in [-0.4, -0.2) is 56.3 Å². The van der Waals surface area contributed by atoms with Crippen molar-refractivity contribution >= 4 is 14.4 Å². The van der Waals surface area contributed by atoms with Crippen LogP contribution < -0.4 is 0 Å². The number of hydrogen-bond donors (Lipinski definition) is 1. The highest BCUT2D eigenvalue weighted by atomic mass is 28.4. The molecule has 1 fully saturated rings. The van der Waals surface area contributed by atoms with Gasteiger partial charge in [0, 0.05) is 26.3 Å². The van der Waals surface area contributed by atoms with Crippen LogP contribution in [0.3, 0.4) is 0 Å². The van der Waals surface area contributed by atoms with Crippen molar-refractivity contribution in [2.75, 3.05) is 26.3 Å². The predicted molar refractivity (Wildman–Crippen MR) is 104 cm³/mol. The number of carbonyl (C=O) groups is 1. The molecule has 1 saturated heterocycles. The van der Waals surface area contributed by atoms with Crippen LogP contribution in [0.15, 0.2) is 0 Å². The number of nitrogens with zero attached hydrogens (tertiary/aromatic N) is 1. The minimum absolute atomic E-state index is 0.138. The van der Waals surface area contributed by atoms with Gasteiger partial charge in [0.25, 0.3) is 0 Å². The summed E-state index contributed by atoms with van der Waals surface area (Å²) >= 11 is 0. The Morgan fingerprint density at radius 1 is 1.12 bits per heavy atom. The lowest BCUT2D eigenvalue weighted by atomic mass is 9.77. The van der Waals surface area contributed by atoms with E-state index in [0.717, 1.165) is 19.3 Å². The summed E-state index contributed by atoms with van der Waals surface area (Å²) in [4.78, 5) is 13.9. The SMILES string of the molecule is CC(C)(C)OC(=O)N1CCC(CO)(CCO[Si](C)(C)C(C)(C)C)CC1. The summed E-state index contributed by atoms with van der Waals surface area (Å²) in [5.41, 5.74) is -0.611. The van der Waals surface area contributed by atoms with Crippen LogP contribution in [0.1, 0.15) is 60.8 Å². The van der Waals surface area contributed by atoms with E-state index in [1.807, 2.05) is 20.8 Å². The second-order valence-corrected chi connectivity index (χ2v) is 14.8. The summed E-state index contributed by atoms with van der Waals surface area (Å²) in [5, 5.41) is 10.2. The minimum atomic E-state index is -1.76. The van der Waals surface area contributed by atoms with E-state index >= 15 is 0 Å². The van der Waals surface area contributed by atoms with Gasteiger partial charge in [-0.05, 0) is 63.6 Å². The number of carbonyl (C=O) groups excluding carboxylic acids is 1. The molecule has 5 nitrogen and oxygen atoms in total. The molecule has 0 saturated carbocycles. The molecule has 6 heteroatoms. The first-order valence-corrected chi connectivity index (χ1v) is 12.3. The van der Waals surface area contributed by atoms with E-state index in [1.165, 1.54) is 0 Å². The predicted octanol–water partition coefficient (Wildman–Crippen LogP) is 4.41. The molecule has 1 N–H and O–H groups in total. The number of ether oxygens (including phenoxy) is 1. The van der Waals surface area contributed by atoms with Gasteiger partial charge in [-0.2, -0.15) is 0 Å². The molecule has 1 rings (SSSR count). The third-order valence-electron chi connectivity index (χ3n) is 5.71. The Kier molecular flexibility index (Phi) is 7.15. The minimum Gasteiger partial charge on any atom is -0.444 e. The maximum Gasteiger partial charge on any atom is 0.410 e. The number of aliphatic hydroxyl groups excluding tert-OH is 1. The van der Waals surface area contributed by atoms with Crippen molar-refractivity contribution in [1.82, 2.24) is 4.90 Å². The number of likely N-dealkylation sites (tertiary alicyclic amines) is 1. The highest BCUT2D eigenvalue weighted by molar-refractivity contribution is 6.74. The van der Waals surface area contributed by atoms with E-state index in [-0.39, 0.29) is 23.2 Å². The van der Waals surface area contributed by atoms with Gasteiger partial charge in [-0.3, -0.25) is 0 Å². The average molecular weight is 374 g/mol. The zero-order valence-electron chi connectivity index (χ0n) is 17.6. The highest BCUT2D eigenvalue weighted by Crippen LogP contribution is 2.39. The topological polar surface area (TPSA) is 59.0 Å². The van der Waals surface area contributed by atoms with Gasteiger partial charge in [-0.25, -0.2) is 4.79 Å². The van der Waals surface area contributed by atoms with E-state index in [9.17, 15) is 9.90 Å². The third kappa shape index (κ3) is 6.57. The van der Waals surface area contributed by atoms with Crippen molar-refractivity contribution in [2.24, 2.45) is 5.41 Å². The van der Waals surface area contributed by atoms with Crippen LogP contribution in [0.4, 0.5) is 4.79 Å². The second kappa shape index (κ2) is 7.97. The molecular weight excluding hydrogens is 334 g/mol. The zero-order chi connectivity index (χ0) is 19.5. The Labute approximate surface area is 155 Å². The van der Waals surface area contributed by atoms with Gasteiger partial charge in [0.05, 0.1) is 0 Å².